The van der Waals surface area contributed by atoms with E-state index >= 15 is 0 Å². The van der Waals surface area contributed by atoms with E-state index in [0.29, 0.717) is 30.6 Å². The lowest BCUT2D eigenvalue weighted by Gasteiger charge is -2.35. The number of piperidine rings is 1. The molecule has 8 heteroatoms. The number of benzene rings is 2. The number of alkyl halides is 2. The number of nitrogens with zero attached hydrogens (tertiary/aromatic N) is 2. The Balaban J connectivity index is 1.24. The molecule has 0 aliphatic carbocycles. The highest BCUT2D eigenvalue weighted by atomic mass is 19.3. The second-order valence-electron chi connectivity index (χ2n) is 8.41. The molecule has 2 fully saturated rings. The number of carbonyl (C=O) groups is 1. The van der Waals surface area contributed by atoms with Crippen LogP contribution in [0.2, 0.25) is 0 Å². The lowest BCUT2D eigenvalue weighted by molar-refractivity contribution is -0.133. The van der Waals surface area contributed by atoms with Crippen LogP contribution in [0.5, 0.6) is 0 Å². The molecule has 2 aromatic carbocycles. The first-order valence-electron chi connectivity index (χ1n) is 11.8. The standard InChI is InChI=1S/C24H25F2N3O3/c25-22(26)17-3-1-15(2-4-17)14-29-12-9-20(23(29)30)28-10-7-16(8-11-28)18-5-6-19-21(13-18)32-24(31)27-19/h1-6,13,16,20,22H,7-12,14H2,(H,27,31)/t20-/m0/s1/i14D2. The number of H-pyrrole nitrogens is 1. The second-order valence-corrected chi connectivity index (χ2v) is 8.41. The third-order valence-electron chi connectivity index (χ3n) is 6.49. The van der Waals surface area contributed by atoms with Gasteiger partial charge in [-0.1, -0.05) is 30.3 Å². The van der Waals surface area contributed by atoms with Gasteiger partial charge in [-0.3, -0.25) is 14.7 Å². The summed E-state index contributed by atoms with van der Waals surface area (Å²) in [4.78, 5) is 30.6. The van der Waals surface area contributed by atoms with E-state index in [-0.39, 0.29) is 35.5 Å². The molecule has 2 saturated heterocycles. The van der Waals surface area contributed by atoms with E-state index in [1.54, 1.807) is 0 Å². The number of nitrogens with one attached hydrogen (secondary N) is 1. The van der Waals surface area contributed by atoms with Gasteiger partial charge in [0.2, 0.25) is 5.91 Å². The molecule has 0 spiro atoms. The molecular weight excluding hydrogens is 416 g/mol. The van der Waals surface area contributed by atoms with E-state index < -0.39 is 18.7 Å². The Hall–Kier alpha value is -3.00. The van der Waals surface area contributed by atoms with E-state index in [9.17, 15) is 18.4 Å². The molecule has 32 heavy (non-hydrogen) atoms. The van der Waals surface area contributed by atoms with Gasteiger partial charge in [0.15, 0.2) is 5.58 Å². The molecule has 1 N–H and O–H groups in total. The van der Waals surface area contributed by atoms with Crippen molar-refractivity contribution in [3.8, 4) is 0 Å². The van der Waals surface area contributed by atoms with Crippen LogP contribution < -0.4 is 5.76 Å². The van der Waals surface area contributed by atoms with Crippen molar-refractivity contribution in [2.24, 2.45) is 0 Å². The average Bonchev–Trinajstić information content (AvgIpc) is 3.40. The summed E-state index contributed by atoms with van der Waals surface area (Å²) in [5.41, 5.74) is 2.32. The Morgan fingerprint density at radius 3 is 2.53 bits per heavy atom. The smallest absolute Gasteiger partial charge is 0.408 e. The van der Waals surface area contributed by atoms with Crippen molar-refractivity contribution in [1.29, 1.82) is 0 Å². The molecule has 168 valence electrons. The molecule has 1 aromatic heterocycles. The largest absolute Gasteiger partial charge is 0.417 e. The molecule has 1 atom stereocenters. The van der Waals surface area contributed by atoms with Crippen LogP contribution in [-0.4, -0.2) is 46.4 Å². The SMILES string of the molecule is [2H]C([2H])(c1ccc(C(F)F)cc1)N1CC[C@H](N2CCC(c3ccc4[nH]c(=O)oc4c3)CC2)C1=O. The number of halogens is 2. The number of likely N-dealkylation sites (tertiary alicyclic amines) is 2. The van der Waals surface area contributed by atoms with E-state index in [1.807, 2.05) is 18.2 Å². The first-order valence-corrected chi connectivity index (χ1v) is 10.8. The maximum absolute atomic E-state index is 13.2. The predicted octanol–water partition coefficient (Wildman–Crippen LogP) is 4.04. The van der Waals surface area contributed by atoms with Gasteiger partial charge in [0.1, 0.15) is 0 Å². The van der Waals surface area contributed by atoms with Crippen molar-refractivity contribution < 1.29 is 20.7 Å². The van der Waals surface area contributed by atoms with Gasteiger partial charge in [-0.2, -0.15) is 0 Å². The highest BCUT2D eigenvalue weighted by molar-refractivity contribution is 5.84. The first kappa shape index (κ1) is 18.6. The summed E-state index contributed by atoms with van der Waals surface area (Å²) in [6.07, 6.45) is -0.416. The van der Waals surface area contributed by atoms with Crippen LogP contribution in [0.4, 0.5) is 8.78 Å². The van der Waals surface area contributed by atoms with Crippen LogP contribution in [0, 0.1) is 0 Å². The summed E-state index contributed by atoms with van der Waals surface area (Å²) in [7, 11) is 0. The van der Waals surface area contributed by atoms with Crippen LogP contribution in [0.25, 0.3) is 11.1 Å². The second kappa shape index (κ2) is 8.50. The first-order chi connectivity index (χ1) is 16.2. The average molecular weight is 443 g/mol. The molecule has 3 aromatic rings. The third kappa shape index (κ3) is 4.07. The number of hydrogen-bond acceptors (Lipinski definition) is 4. The van der Waals surface area contributed by atoms with Gasteiger partial charge >= 0.3 is 5.76 Å². The van der Waals surface area contributed by atoms with Gasteiger partial charge in [-0.25, -0.2) is 13.6 Å². The Labute approximate surface area is 186 Å². The third-order valence-corrected chi connectivity index (χ3v) is 6.49. The van der Waals surface area contributed by atoms with Crippen molar-refractivity contribution in [3.05, 3.63) is 69.7 Å². The fourth-order valence-corrected chi connectivity index (χ4v) is 4.73. The van der Waals surface area contributed by atoms with Crippen LogP contribution in [-0.2, 0) is 11.3 Å². The lowest BCUT2D eigenvalue weighted by atomic mass is 9.88. The summed E-state index contributed by atoms with van der Waals surface area (Å²) < 4.78 is 47.9. The molecule has 6 nitrogen and oxygen atoms in total. The van der Waals surface area contributed by atoms with E-state index in [0.717, 1.165) is 18.4 Å². The molecule has 1 amide bonds. The molecule has 0 bridgehead atoms. The molecule has 3 heterocycles. The number of rotatable bonds is 5. The maximum atomic E-state index is 13.2. The number of aromatic amines is 1. The summed E-state index contributed by atoms with van der Waals surface area (Å²) in [5.74, 6) is -0.457. The van der Waals surface area contributed by atoms with Crippen molar-refractivity contribution in [2.75, 3.05) is 19.6 Å². The zero-order valence-corrected chi connectivity index (χ0v) is 17.4. The lowest BCUT2D eigenvalue weighted by Crippen LogP contribution is -2.45. The maximum Gasteiger partial charge on any atom is 0.417 e. The minimum atomic E-state index is -2.62. The summed E-state index contributed by atoms with van der Waals surface area (Å²) >= 11 is 0. The van der Waals surface area contributed by atoms with E-state index in [4.69, 9.17) is 7.16 Å². The number of aromatic nitrogens is 1. The molecule has 2 aliphatic rings. The van der Waals surface area contributed by atoms with Crippen molar-refractivity contribution in [2.45, 2.75) is 44.1 Å². The topological polar surface area (TPSA) is 69.6 Å². The van der Waals surface area contributed by atoms with Crippen LogP contribution in [0.15, 0.2) is 51.7 Å². The predicted molar refractivity (Wildman–Crippen MR) is 116 cm³/mol. The monoisotopic (exact) mass is 443 g/mol. The zero-order chi connectivity index (χ0) is 24.0. The Bertz CT molecular complexity index is 1250. The molecule has 5 rings (SSSR count). The number of hydrogen-bond donors (Lipinski definition) is 1. The zero-order valence-electron chi connectivity index (χ0n) is 19.4. The number of amides is 1. The Morgan fingerprint density at radius 2 is 1.81 bits per heavy atom. The molecular formula is C24H25F2N3O3. The van der Waals surface area contributed by atoms with Gasteiger partial charge in [0.05, 0.1) is 14.3 Å². The number of carbonyl (C=O) groups excluding carboxylic acids is 1. The van der Waals surface area contributed by atoms with E-state index in [1.165, 1.54) is 29.2 Å². The summed E-state index contributed by atoms with van der Waals surface area (Å²) in [5, 5.41) is 0. The number of oxazole rings is 1. The van der Waals surface area contributed by atoms with Crippen molar-refractivity contribution in [3.63, 3.8) is 0 Å². The highest BCUT2D eigenvalue weighted by Crippen LogP contribution is 2.32. The molecule has 2 aliphatic heterocycles. The fraction of sp³-hybridized carbons (Fsp3) is 0.417. The highest BCUT2D eigenvalue weighted by Gasteiger charge is 2.37. The molecule has 0 unspecified atom stereocenters. The van der Waals surface area contributed by atoms with Crippen LogP contribution in [0.3, 0.4) is 0 Å². The number of fused-ring (bicyclic) bond motifs is 1. The van der Waals surface area contributed by atoms with Crippen molar-refractivity contribution >= 4 is 17.0 Å². The Morgan fingerprint density at radius 1 is 1.06 bits per heavy atom. The van der Waals surface area contributed by atoms with Gasteiger partial charge in [0.25, 0.3) is 6.43 Å². The normalized spacial score (nSPS) is 22.0. The minimum Gasteiger partial charge on any atom is -0.408 e. The molecule has 0 radical (unpaired) electrons. The Kier molecular flexibility index (Phi) is 4.93. The minimum absolute atomic E-state index is 0.175. The van der Waals surface area contributed by atoms with Crippen molar-refractivity contribution in [1.82, 2.24) is 14.8 Å². The van der Waals surface area contributed by atoms with Gasteiger partial charge < -0.3 is 9.32 Å². The van der Waals surface area contributed by atoms with Gasteiger partial charge in [-0.15, -0.1) is 0 Å². The van der Waals surface area contributed by atoms with Gasteiger partial charge in [-0.05, 0) is 61.5 Å². The fourth-order valence-electron chi connectivity index (χ4n) is 4.73. The summed E-state index contributed by atoms with van der Waals surface area (Å²) in [6, 6.07) is 10.4. The van der Waals surface area contributed by atoms with E-state index in [2.05, 4.69) is 9.88 Å². The summed E-state index contributed by atoms with van der Waals surface area (Å²) in [6.45, 7) is -0.386. The van der Waals surface area contributed by atoms with Crippen LogP contribution >= 0.6 is 0 Å². The molecule has 0 saturated carbocycles. The quantitative estimate of drug-likeness (QED) is 0.646. The van der Waals surface area contributed by atoms with Gasteiger partial charge in [0, 0.05) is 18.6 Å². The van der Waals surface area contributed by atoms with Crippen LogP contribution in [0.1, 0.15) is 51.0 Å².